The lowest BCUT2D eigenvalue weighted by Crippen LogP contribution is -2.36. The molecule has 3 aromatic rings. The number of benzene rings is 2. The normalized spacial score (nSPS) is 17.4. The molecule has 2 aromatic carbocycles. The number of rotatable bonds is 7. The highest BCUT2D eigenvalue weighted by molar-refractivity contribution is 7.99. The van der Waals surface area contributed by atoms with Crippen molar-refractivity contribution in [3.05, 3.63) is 59.9 Å². The minimum atomic E-state index is -4.77. The zero-order chi connectivity index (χ0) is 27.4. The summed E-state index contributed by atoms with van der Waals surface area (Å²) in [4.78, 5) is 13.6. The average Bonchev–Trinajstić information content (AvgIpc) is 2.95. The molecule has 0 saturated carbocycles. The Labute approximate surface area is 229 Å². The summed E-state index contributed by atoms with van der Waals surface area (Å²) in [6.45, 7) is 2.89. The number of morpholine rings is 1. The fourth-order valence-corrected chi connectivity index (χ4v) is 6.06. The maximum Gasteiger partial charge on any atom is 0.417 e. The van der Waals surface area contributed by atoms with Crippen molar-refractivity contribution in [3.8, 4) is 11.3 Å². The molecule has 0 unspecified atom stereocenters. The van der Waals surface area contributed by atoms with Crippen molar-refractivity contribution in [1.82, 2.24) is 14.9 Å². The molecule has 39 heavy (non-hydrogen) atoms. The van der Waals surface area contributed by atoms with Gasteiger partial charge in [-0.25, -0.2) is 14.4 Å². The third-order valence-corrected chi connectivity index (χ3v) is 8.31. The first kappa shape index (κ1) is 27.7. The molecular weight excluding hydrogens is 530 g/mol. The van der Waals surface area contributed by atoms with Crippen LogP contribution in [0.5, 0.6) is 0 Å². The predicted octanol–water partition coefficient (Wildman–Crippen LogP) is 6.13. The van der Waals surface area contributed by atoms with Crippen molar-refractivity contribution >= 4 is 23.3 Å². The standard InChI is InChI=1S/C28H31F4N5OS/c1-36-10-8-19(9-11-36)35-22-4-2-3-5-25(22)39-24-7-6-20(27(21(24)17-29)28(30,31)32)23-16-26(34-18-33-23)37-12-14-38-15-13-37/h2-7,16,18-19,35H,8-15,17H2,1H3. The van der Waals surface area contributed by atoms with E-state index in [4.69, 9.17) is 4.74 Å². The molecule has 11 heteroatoms. The highest BCUT2D eigenvalue weighted by atomic mass is 32.2. The molecule has 2 aliphatic heterocycles. The van der Waals surface area contributed by atoms with Gasteiger partial charge in [0.05, 0.1) is 24.5 Å². The number of likely N-dealkylation sites (tertiary alicyclic amines) is 1. The van der Waals surface area contributed by atoms with Crippen LogP contribution in [0, 0.1) is 0 Å². The van der Waals surface area contributed by atoms with Gasteiger partial charge < -0.3 is 19.9 Å². The Morgan fingerprint density at radius 2 is 1.74 bits per heavy atom. The first-order valence-electron chi connectivity index (χ1n) is 13.0. The first-order chi connectivity index (χ1) is 18.8. The van der Waals surface area contributed by atoms with Crippen molar-refractivity contribution in [2.75, 3.05) is 56.7 Å². The van der Waals surface area contributed by atoms with Gasteiger partial charge in [0, 0.05) is 51.8 Å². The summed E-state index contributed by atoms with van der Waals surface area (Å²) in [5, 5.41) is 3.55. The van der Waals surface area contributed by atoms with Crippen molar-refractivity contribution in [2.24, 2.45) is 0 Å². The maximum atomic E-state index is 14.5. The van der Waals surface area contributed by atoms with E-state index in [0.717, 1.165) is 48.3 Å². The number of nitrogens with zero attached hydrogens (tertiary/aromatic N) is 4. The van der Waals surface area contributed by atoms with E-state index in [1.165, 1.54) is 18.5 Å². The second kappa shape index (κ2) is 12.1. The summed E-state index contributed by atoms with van der Waals surface area (Å²) in [5.74, 6) is 0.519. The first-order valence-corrected chi connectivity index (χ1v) is 13.8. The molecule has 0 spiro atoms. The number of anilines is 2. The van der Waals surface area contributed by atoms with Gasteiger partial charge in [0.2, 0.25) is 0 Å². The van der Waals surface area contributed by atoms with E-state index in [-0.39, 0.29) is 27.8 Å². The highest BCUT2D eigenvalue weighted by Crippen LogP contribution is 2.45. The van der Waals surface area contributed by atoms with Gasteiger partial charge in [0.1, 0.15) is 18.8 Å². The number of hydrogen-bond donors (Lipinski definition) is 1. The van der Waals surface area contributed by atoms with Crippen molar-refractivity contribution in [2.45, 2.75) is 41.5 Å². The molecule has 2 aliphatic rings. The zero-order valence-corrected chi connectivity index (χ0v) is 22.5. The van der Waals surface area contributed by atoms with Gasteiger partial charge in [-0.1, -0.05) is 30.0 Å². The number of piperidine rings is 1. The highest BCUT2D eigenvalue weighted by Gasteiger charge is 2.38. The fourth-order valence-electron chi connectivity index (χ4n) is 5.02. The summed E-state index contributed by atoms with van der Waals surface area (Å²) in [6, 6.07) is 12.3. The van der Waals surface area contributed by atoms with E-state index in [2.05, 4.69) is 27.2 Å². The molecule has 0 aliphatic carbocycles. The molecule has 0 atom stereocenters. The third kappa shape index (κ3) is 6.47. The number of para-hydroxylation sites is 1. The second-order valence-corrected chi connectivity index (χ2v) is 10.9. The number of aromatic nitrogens is 2. The van der Waals surface area contributed by atoms with Gasteiger partial charge in [0.25, 0.3) is 0 Å². The molecule has 1 N–H and O–H groups in total. The van der Waals surface area contributed by atoms with Crippen LogP contribution in [0.15, 0.2) is 58.6 Å². The van der Waals surface area contributed by atoms with Gasteiger partial charge in [-0.05, 0) is 51.2 Å². The summed E-state index contributed by atoms with van der Waals surface area (Å²) < 4.78 is 63.4. The van der Waals surface area contributed by atoms with Crippen molar-refractivity contribution in [3.63, 3.8) is 0 Å². The van der Waals surface area contributed by atoms with Gasteiger partial charge in [-0.2, -0.15) is 13.2 Å². The van der Waals surface area contributed by atoms with Gasteiger partial charge in [-0.3, -0.25) is 0 Å². The van der Waals surface area contributed by atoms with Crippen molar-refractivity contribution in [1.29, 1.82) is 0 Å². The molecule has 0 amide bonds. The summed E-state index contributed by atoms with van der Waals surface area (Å²) in [6.07, 6.45) is -1.57. The molecular formula is C28H31F4N5OS. The Morgan fingerprint density at radius 3 is 2.46 bits per heavy atom. The van der Waals surface area contributed by atoms with Crippen LogP contribution in [0.2, 0.25) is 0 Å². The largest absolute Gasteiger partial charge is 0.417 e. The van der Waals surface area contributed by atoms with Crippen LogP contribution >= 0.6 is 11.8 Å². The SMILES string of the molecule is CN1CCC(Nc2ccccc2Sc2ccc(-c3cc(N4CCOCC4)ncn3)c(C(F)(F)F)c2CF)CC1. The lowest BCUT2D eigenvalue weighted by atomic mass is 9.98. The number of alkyl halides is 4. The number of halogens is 4. The minimum Gasteiger partial charge on any atom is -0.381 e. The average molecular weight is 562 g/mol. The summed E-state index contributed by atoms with van der Waals surface area (Å²) in [5.41, 5.74) is -0.595. The molecule has 3 heterocycles. The van der Waals surface area contributed by atoms with Crippen LogP contribution < -0.4 is 10.2 Å². The Morgan fingerprint density at radius 1 is 1.00 bits per heavy atom. The predicted molar refractivity (Wildman–Crippen MR) is 145 cm³/mol. The van der Waals surface area contributed by atoms with Crippen LogP contribution in [0.1, 0.15) is 24.0 Å². The van der Waals surface area contributed by atoms with E-state index in [1.807, 2.05) is 29.2 Å². The molecule has 1 aromatic heterocycles. The Hall–Kier alpha value is -2.89. The minimum absolute atomic E-state index is 0.106. The number of ether oxygens (including phenoxy) is 1. The Kier molecular flexibility index (Phi) is 8.58. The van der Waals surface area contributed by atoms with E-state index >= 15 is 0 Å². The smallest absolute Gasteiger partial charge is 0.381 e. The van der Waals surface area contributed by atoms with E-state index in [0.29, 0.717) is 32.1 Å². The summed E-state index contributed by atoms with van der Waals surface area (Å²) in [7, 11) is 2.09. The third-order valence-electron chi connectivity index (χ3n) is 7.14. The molecule has 2 saturated heterocycles. The van der Waals surface area contributed by atoms with Crippen LogP contribution in [0.4, 0.5) is 29.1 Å². The second-order valence-electron chi connectivity index (χ2n) is 9.78. The van der Waals surface area contributed by atoms with Crippen molar-refractivity contribution < 1.29 is 22.3 Å². The summed E-state index contributed by atoms with van der Waals surface area (Å²) >= 11 is 1.15. The molecule has 208 valence electrons. The molecule has 5 rings (SSSR count). The topological polar surface area (TPSA) is 53.5 Å². The van der Waals surface area contributed by atoms with Crippen LogP contribution in [0.3, 0.4) is 0 Å². The van der Waals surface area contributed by atoms with E-state index in [9.17, 15) is 17.6 Å². The fraction of sp³-hybridized carbons (Fsp3) is 0.429. The number of nitrogens with one attached hydrogen (secondary N) is 1. The van der Waals surface area contributed by atoms with Gasteiger partial charge in [0.15, 0.2) is 0 Å². The lowest BCUT2D eigenvalue weighted by Gasteiger charge is -2.30. The Bertz CT molecular complexity index is 1280. The molecule has 6 nitrogen and oxygen atoms in total. The van der Waals surface area contributed by atoms with Gasteiger partial charge in [-0.15, -0.1) is 0 Å². The number of hydrogen-bond acceptors (Lipinski definition) is 7. The van der Waals surface area contributed by atoms with E-state index in [1.54, 1.807) is 6.07 Å². The van der Waals surface area contributed by atoms with Crippen LogP contribution in [-0.4, -0.2) is 67.4 Å². The lowest BCUT2D eigenvalue weighted by molar-refractivity contribution is -0.138. The quantitative estimate of drug-likeness (QED) is 0.349. The Balaban J connectivity index is 1.49. The van der Waals surface area contributed by atoms with E-state index < -0.39 is 18.4 Å². The zero-order valence-electron chi connectivity index (χ0n) is 21.7. The van der Waals surface area contributed by atoms with Gasteiger partial charge >= 0.3 is 6.18 Å². The maximum absolute atomic E-state index is 14.5. The molecule has 2 fully saturated rings. The monoisotopic (exact) mass is 561 g/mol. The van der Waals surface area contributed by atoms with Crippen LogP contribution in [-0.2, 0) is 17.6 Å². The van der Waals surface area contributed by atoms with Crippen LogP contribution in [0.25, 0.3) is 11.3 Å². The molecule has 0 radical (unpaired) electrons. The molecule has 0 bridgehead atoms.